The molecule has 2 fully saturated rings. The molecule has 1 aliphatic heterocycles. The first-order valence-corrected chi connectivity index (χ1v) is 8.43. The Kier molecular flexibility index (Phi) is 3.80. The summed E-state index contributed by atoms with van der Waals surface area (Å²) in [6.45, 7) is 1.19. The predicted molar refractivity (Wildman–Crippen MR) is 89.8 cm³/mol. The highest BCUT2D eigenvalue weighted by molar-refractivity contribution is 5.95. The molecule has 2 heterocycles. The topological polar surface area (TPSA) is 78.1 Å². The van der Waals surface area contributed by atoms with Crippen LogP contribution in [0.5, 0.6) is 0 Å². The summed E-state index contributed by atoms with van der Waals surface area (Å²) in [5.41, 5.74) is 3.36. The molecule has 2 aromatic rings. The highest BCUT2D eigenvalue weighted by Crippen LogP contribution is 2.38. The number of aromatic nitrogens is 2. The van der Waals surface area contributed by atoms with E-state index in [4.69, 9.17) is 0 Å². The van der Waals surface area contributed by atoms with Crippen molar-refractivity contribution < 1.29 is 9.59 Å². The van der Waals surface area contributed by atoms with Crippen LogP contribution in [0.25, 0.3) is 0 Å². The molecule has 2 aliphatic rings. The molecule has 24 heavy (non-hydrogen) atoms. The smallest absolute Gasteiger partial charge is 0.272 e. The molecule has 1 aliphatic carbocycles. The molecule has 1 saturated heterocycles. The second kappa shape index (κ2) is 6.11. The number of benzene rings is 1. The van der Waals surface area contributed by atoms with Gasteiger partial charge in [0.1, 0.15) is 5.69 Å². The molecule has 1 saturated carbocycles. The normalized spacial score (nSPS) is 17.3. The number of nitrogens with zero attached hydrogens (tertiary/aromatic N) is 2. The van der Waals surface area contributed by atoms with Crippen molar-refractivity contribution in [3.8, 4) is 0 Å². The summed E-state index contributed by atoms with van der Waals surface area (Å²) in [6, 6.07) is 9.60. The predicted octanol–water partition coefficient (Wildman–Crippen LogP) is 2.34. The van der Waals surface area contributed by atoms with Gasteiger partial charge in [-0.05, 0) is 43.0 Å². The summed E-state index contributed by atoms with van der Waals surface area (Å²) in [5, 5.41) is 9.93. The lowest BCUT2D eigenvalue weighted by molar-refractivity contribution is -0.117. The average Bonchev–Trinajstić information content (AvgIpc) is 3.16. The number of carbonyl (C=O) groups excluding carboxylic acids is 2. The van der Waals surface area contributed by atoms with E-state index in [1.54, 1.807) is 4.90 Å². The Morgan fingerprint density at radius 3 is 2.96 bits per heavy atom. The SMILES string of the molecule is O=C(NCc1cccc(N2CCCC2=O)c1)c1cc(C2CC2)[nH]n1. The van der Waals surface area contributed by atoms with Gasteiger partial charge in [-0.3, -0.25) is 14.7 Å². The second-order valence-electron chi connectivity index (χ2n) is 6.48. The van der Waals surface area contributed by atoms with E-state index in [0.717, 1.165) is 29.9 Å². The molecule has 1 aromatic heterocycles. The zero-order valence-electron chi connectivity index (χ0n) is 13.4. The molecule has 0 radical (unpaired) electrons. The number of H-pyrrole nitrogens is 1. The van der Waals surface area contributed by atoms with Gasteiger partial charge in [0.15, 0.2) is 0 Å². The molecule has 2 N–H and O–H groups in total. The van der Waals surface area contributed by atoms with Crippen molar-refractivity contribution in [2.24, 2.45) is 0 Å². The van der Waals surface area contributed by atoms with E-state index in [1.807, 2.05) is 30.3 Å². The maximum absolute atomic E-state index is 12.2. The van der Waals surface area contributed by atoms with Crippen LogP contribution in [-0.2, 0) is 11.3 Å². The quantitative estimate of drug-likeness (QED) is 0.886. The standard InChI is InChI=1S/C18H20N4O2/c23-17-5-2-8-22(17)14-4-1-3-12(9-14)11-19-18(24)16-10-15(20-21-16)13-6-7-13/h1,3-4,9-10,13H,2,5-8,11H2,(H,19,24)(H,20,21). The largest absolute Gasteiger partial charge is 0.347 e. The maximum Gasteiger partial charge on any atom is 0.272 e. The van der Waals surface area contributed by atoms with Crippen molar-refractivity contribution >= 4 is 17.5 Å². The first kappa shape index (κ1) is 14.9. The van der Waals surface area contributed by atoms with Gasteiger partial charge in [0.05, 0.1) is 0 Å². The third-order valence-corrected chi connectivity index (χ3v) is 4.60. The molecule has 0 unspecified atom stereocenters. The summed E-state index contributed by atoms with van der Waals surface area (Å²) in [4.78, 5) is 25.9. The van der Waals surface area contributed by atoms with Crippen LogP contribution in [0.15, 0.2) is 30.3 Å². The van der Waals surface area contributed by atoms with Gasteiger partial charge in [0, 0.05) is 36.8 Å². The average molecular weight is 324 g/mol. The van der Waals surface area contributed by atoms with Crippen LogP contribution in [0, 0.1) is 0 Å². The zero-order chi connectivity index (χ0) is 16.5. The Labute approximate surface area is 140 Å². The summed E-state index contributed by atoms with van der Waals surface area (Å²) in [6.07, 6.45) is 3.86. The Bertz CT molecular complexity index is 779. The molecule has 4 rings (SSSR count). The third-order valence-electron chi connectivity index (χ3n) is 4.60. The molecule has 1 aromatic carbocycles. The van der Waals surface area contributed by atoms with Gasteiger partial charge in [0.25, 0.3) is 5.91 Å². The molecule has 0 atom stereocenters. The summed E-state index contributed by atoms with van der Waals surface area (Å²) >= 11 is 0. The van der Waals surface area contributed by atoms with E-state index < -0.39 is 0 Å². The highest BCUT2D eigenvalue weighted by Gasteiger charge is 2.26. The summed E-state index contributed by atoms with van der Waals surface area (Å²) in [7, 11) is 0. The molecule has 6 nitrogen and oxygen atoms in total. The van der Waals surface area contributed by atoms with Crippen molar-refractivity contribution in [3.63, 3.8) is 0 Å². The third kappa shape index (κ3) is 3.04. The van der Waals surface area contributed by atoms with Crippen LogP contribution in [0.3, 0.4) is 0 Å². The lowest BCUT2D eigenvalue weighted by Gasteiger charge is -2.16. The van der Waals surface area contributed by atoms with Gasteiger partial charge in [-0.25, -0.2) is 0 Å². The van der Waals surface area contributed by atoms with Crippen LogP contribution in [0.4, 0.5) is 5.69 Å². The fourth-order valence-corrected chi connectivity index (χ4v) is 3.08. The minimum absolute atomic E-state index is 0.167. The number of hydrogen-bond acceptors (Lipinski definition) is 3. The monoisotopic (exact) mass is 324 g/mol. The van der Waals surface area contributed by atoms with E-state index in [1.165, 1.54) is 12.8 Å². The summed E-state index contributed by atoms with van der Waals surface area (Å²) in [5.74, 6) is 0.537. The Balaban J connectivity index is 1.39. The lowest BCUT2D eigenvalue weighted by Crippen LogP contribution is -2.25. The van der Waals surface area contributed by atoms with Gasteiger partial charge in [0.2, 0.25) is 5.91 Å². The van der Waals surface area contributed by atoms with Gasteiger partial charge < -0.3 is 10.2 Å². The number of amides is 2. The summed E-state index contributed by atoms with van der Waals surface area (Å²) < 4.78 is 0. The van der Waals surface area contributed by atoms with Crippen molar-refractivity contribution in [1.29, 1.82) is 0 Å². The van der Waals surface area contributed by atoms with E-state index >= 15 is 0 Å². The van der Waals surface area contributed by atoms with Crippen LogP contribution in [0.2, 0.25) is 0 Å². The van der Waals surface area contributed by atoms with E-state index in [9.17, 15) is 9.59 Å². The molecule has 6 heteroatoms. The lowest BCUT2D eigenvalue weighted by atomic mass is 10.2. The molecular formula is C18H20N4O2. The van der Waals surface area contributed by atoms with Crippen LogP contribution in [0.1, 0.15) is 53.3 Å². The van der Waals surface area contributed by atoms with Gasteiger partial charge in [-0.15, -0.1) is 0 Å². The maximum atomic E-state index is 12.2. The minimum Gasteiger partial charge on any atom is -0.347 e. The van der Waals surface area contributed by atoms with Crippen molar-refractivity contribution in [2.75, 3.05) is 11.4 Å². The number of aromatic amines is 1. The Morgan fingerprint density at radius 1 is 1.33 bits per heavy atom. The van der Waals surface area contributed by atoms with Crippen LogP contribution >= 0.6 is 0 Å². The fraction of sp³-hybridized carbons (Fsp3) is 0.389. The van der Waals surface area contributed by atoms with E-state index in [2.05, 4.69) is 15.5 Å². The van der Waals surface area contributed by atoms with Crippen molar-refractivity contribution in [1.82, 2.24) is 15.5 Å². The van der Waals surface area contributed by atoms with Crippen LogP contribution < -0.4 is 10.2 Å². The Hall–Kier alpha value is -2.63. The molecule has 0 bridgehead atoms. The first-order valence-electron chi connectivity index (χ1n) is 8.43. The molecule has 124 valence electrons. The number of hydrogen-bond donors (Lipinski definition) is 2. The van der Waals surface area contributed by atoms with Gasteiger partial charge >= 0.3 is 0 Å². The van der Waals surface area contributed by atoms with Gasteiger partial charge in [-0.2, -0.15) is 5.10 Å². The minimum atomic E-state index is -0.180. The zero-order valence-corrected chi connectivity index (χ0v) is 13.4. The number of nitrogens with one attached hydrogen (secondary N) is 2. The molecule has 0 spiro atoms. The van der Waals surface area contributed by atoms with Crippen LogP contribution in [-0.4, -0.2) is 28.6 Å². The molecule has 2 amide bonds. The highest BCUT2D eigenvalue weighted by atomic mass is 16.2. The van der Waals surface area contributed by atoms with Crippen molar-refractivity contribution in [2.45, 2.75) is 38.1 Å². The number of rotatable bonds is 5. The first-order chi connectivity index (χ1) is 11.7. The van der Waals surface area contributed by atoms with E-state index in [0.29, 0.717) is 24.6 Å². The number of carbonyl (C=O) groups is 2. The number of anilines is 1. The Morgan fingerprint density at radius 2 is 2.21 bits per heavy atom. The molecular weight excluding hydrogens is 304 g/mol. The second-order valence-corrected chi connectivity index (χ2v) is 6.48. The fourth-order valence-electron chi connectivity index (χ4n) is 3.08. The van der Waals surface area contributed by atoms with E-state index in [-0.39, 0.29) is 11.8 Å². The van der Waals surface area contributed by atoms with Crippen molar-refractivity contribution in [3.05, 3.63) is 47.3 Å². The van der Waals surface area contributed by atoms with Gasteiger partial charge in [-0.1, -0.05) is 12.1 Å².